The van der Waals surface area contributed by atoms with E-state index in [4.69, 9.17) is 4.74 Å². The highest BCUT2D eigenvalue weighted by molar-refractivity contribution is 7.10. The summed E-state index contributed by atoms with van der Waals surface area (Å²) in [7, 11) is 1.57. The van der Waals surface area contributed by atoms with Crippen molar-refractivity contribution in [2.45, 2.75) is 19.2 Å². The van der Waals surface area contributed by atoms with E-state index in [2.05, 4.69) is 20.9 Å². The van der Waals surface area contributed by atoms with Gasteiger partial charge in [0.05, 0.1) is 24.8 Å². The lowest BCUT2D eigenvalue weighted by molar-refractivity contribution is -0.0287. The fourth-order valence-electron chi connectivity index (χ4n) is 3.12. The minimum atomic E-state index is -0.860. The van der Waals surface area contributed by atoms with Crippen LogP contribution in [0.1, 0.15) is 20.8 Å². The number of hydrogen-bond donors (Lipinski definition) is 3. The molecule has 7 nitrogen and oxygen atoms in total. The smallest absolute Gasteiger partial charge is 0.315 e. The molecule has 0 saturated carbocycles. The lowest BCUT2D eigenvalue weighted by Crippen LogP contribution is -2.48. The van der Waals surface area contributed by atoms with Gasteiger partial charge >= 0.3 is 6.03 Å². The third kappa shape index (κ3) is 6.22. The second-order valence-electron chi connectivity index (χ2n) is 6.92. The molecule has 2 heterocycles. The number of thiophene rings is 1. The SMILES string of the molecule is CNC(=O)c1csc(CNC(=O)NC[C@H]2CN(Cc3ccc(F)c(F)c3)CCO2)c1. The number of rotatable bonds is 7. The van der Waals surface area contributed by atoms with E-state index < -0.39 is 11.6 Å². The number of nitrogens with zero attached hydrogens (tertiary/aromatic N) is 1. The molecule has 1 saturated heterocycles. The number of nitrogens with one attached hydrogen (secondary N) is 3. The van der Waals surface area contributed by atoms with E-state index >= 15 is 0 Å². The van der Waals surface area contributed by atoms with Crippen molar-refractivity contribution >= 4 is 23.3 Å². The van der Waals surface area contributed by atoms with E-state index in [0.717, 1.165) is 10.9 Å². The molecule has 0 radical (unpaired) electrons. The van der Waals surface area contributed by atoms with Gasteiger partial charge in [0.1, 0.15) is 0 Å². The van der Waals surface area contributed by atoms with Crippen LogP contribution in [0.25, 0.3) is 0 Å². The Morgan fingerprint density at radius 2 is 2.07 bits per heavy atom. The van der Waals surface area contributed by atoms with Gasteiger partial charge in [-0.15, -0.1) is 11.3 Å². The maximum absolute atomic E-state index is 13.4. The van der Waals surface area contributed by atoms with Crippen molar-refractivity contribution in [3.05, 3.63) is 57.3 Å². The van der Waals surface area contributed by atoms with E-state index in [0.29, 0.717) is 50.5 Å². The van der Waals surface area contributed by atoms with E-state index in [1.165, 1.54) is 17.4 Å². The summed E-state index contributed by atoms with van der Waals surface area (Å²) in [6.45, 7) is 2.87. The van der Waals surface area contributed by atoms with Gasteiger partial charge in [0, 0.05) is 43.5 Å². The first-order valence-corrected chi connectivity index (χ1v) is 10.4. The molecule has 1 aromatic heterocycles. The molecule has 10 heteroatoms. The summed E-state index contributed by atoms with van der Waals surface area (Å²) in [5.74, 6) is -1.88. The van der Waals surface area contributed by atoms with Gasteiger partial charge in [-0.2, -0.15) is 0 Å². The second-order valence-corrected chi connectivity index (χ2v) is 7.92. The highest BCUT2D eigenvalue weighted by Crippen LogP contribution is 2.15. The van der Waals surface area contributed by atoms with Gasteiger partial charge in [0.15, 0.2) is 11.6 Å². The lowest BCUT2D eigenvalue weighted by atomic mass is 10.1. The van der Waals surface area contributed by atoms with Gasteiger partial charge in [-0.3, -0.25) is 9.69 Å². The lowest BCUT2D eigenvalue weighted by Gasteiger charge is -2.33. The highest BCUT2D eigenvalue weighted by atomic mass is 32.1. The number of carbonyl (C=O) groups is 2. The molecule has 162 valence electrons. The summed E-state index contributed by atoms with van der Waals surface area (Å²) < 4.78 is 32.1. The van der Waals surface area contributed by atoms with Crippen molar-refractivity contribution < 1.29 is 23.1 Å². The van der Waals surface area contributed by atoms with Crippen LogP contribution in [0.5, 0.6) is 0 Å². The predicted molar refractivity (Wildman–Crippen MR) is 109 cm³/mol. The average molecular weight is 439 g/mol. The number of urea groups is 1. The third-order valence-corrected chi connectivity index (χ3v) is 5.61. The topological polar surface area (TPSA) is 82.7 Å². The zero-order chi connectivity index (χ0) is 21.5. The summed E-state index contributed by atoms with van der Waals surface area (Å²) in [6.07, 6.45) is -0.198. The van der Waals surface area contributed by atoms with Crippen molar-refractivity contribution in [1.29, 1.82) is 0 Å². The molecule has 0 unspecified atom stereocenters. The molecule has 1 aliphatic rings. The Labute approximate surface area is 177 Å². The molecule has 2 aromatic rings. The zero-order valence-electron chi connectivity index (χ0n) is 16.5. The Bertz CT molecular complexity index is 893. The van der Waals surface area contributed by atoms with Crippen LogP contribution < -0.4 is 16.0 Å². The Hall–Kier alpha value is -2.56. The number of halogens is 2. The van der Waals surface area contributed by atoms with Crippen molar-refractivity contribution in [3.8, 4) is 0 Å². The number of carbonyl (C=O) groups excluding carboxylic acids is 2. The maximum Gasteiger partial charge on any atom is 0.315 e. The Kier molecular flexibility index (Phi) is 7.72. The first-order valence-electron chi connectivity index (χ1n) is 9.53. The molecule has 1 aliphatic heterocycles. The first-order chi connectivity index (χ1) is 14.4. The molecule has 30 heavy (non-hydrogen) atoms. The summed E-state index contributed by atoms with van der Waals surface area (Å²) in [5.41, 5.74) is 1.25. The van der Waals surface area contributed by atoms with Crippen LogP contribution >= 0.6 is 11.3 Å². The predicted octanol–water partition coefficient (Wildman–Crippen LogP) is 2.09. The molecule has 3 rings (SSSR count). The molecule has 0 aliphatic carbocycles. The van der Waals surface area contributed by atoms with E-state index in [1.54, 1.807) is 24.6 Å². The van der Waals surface area contributed by atoms with Gasteiger partial charge in [-0.05, 0) is 23.8 Å². The Balaban J connectivity index is 1.40. The molecule has 1 aromatic carbocycles. The Morgan fingerprint density at radius 3 is 2.83 bits per heavy atom. The van der Waals surface area contributed by atoms with Crippen LogP contribution in [0, 0.1) is 11.6 Å². The Morgan fingerprint density at radius 1 is 1.23 bits per heavy atom. The molecular formula is C20H24F2N4O3S. The van der Waals surface area contributed by atoms with E-state index in [9.17, 15) is 18.4 Å². The molecule has 3 N–H and O–H groups in total. The number of ether oxygens (including phenoxy) is 1. The van der Waals surface area contributed by atoms with Crippen molar-refractivity contribution in [3.63, 3.8) is 0 Å². The van der Waals surface area contributed by atoms with Crippen LogP contribution in [0.2, 0.25) is 0 Å². The molecule has 3 amide bonds. The third-order valence-electron chi connectivity index (χ3n) is 4.67. The van der Waals surface area contributed by atoms with Crippen LogP contribution in [0.3, 0.4) is 0 Å². The van der Waals surface area contributed by atoms with Gasteiger partial charge in [-0.25, -0.2) is 13.6 Å². The second kappa shape index (κ2) is 10.5. The minimum absolute atomic E-state index is 0.163. The molecule has 1 atom stereocenters. The zero-order valence-corrected chi connectivity index (χ0v) is 17.4. The van der Waals surface area contributed by atoms with E-state index in [1.807, 2.05) is 0 Å². The maximum atomic E-state index is 13.4. The standard InChI is InChI=1S/C20H24F2N4O3S/c1-23-19(27)14-7-16(30-12-14)9-25-20(28)24-8-15-11-26(4-5-29-15)10-13-2-3-17(21)18(22)6-13/h2-3,6-7,12,15H,4-5,8-11H2,1H3,(H,23,27)(H2,24,25,28)/t15-/m0/s1. The van der Waals surface area contributed by atoms with Crippen molar-refractivity contribution in [2.75, 3.05) is 33.3 Å². The van der Waals surface area contributed by atoms with Crippen molar-refractivity contribution in [2.24, 2.45) is 0 Å². The fraction of sp³-hybridized carbons (Fsp3) is 0.400. The summed E-state index contributed by atoms with van der Waals surface area (Å²) in [6, 6.07) is 5.30. The number of hydrogen-bond acceptors (Lipinski definition) is 5. The fourth-order valence-corrected chi connectivity index (χ4v) is 3.92. The summed E-state index contributed by atoms with van der Waals surface area (Å²) >= 11 is 1.40. The number of benzene rings is 1. The molecular weight excluding hydrogens is 414 g/mol. The summed E-state index contributed by atoms with van der Waals surface area (Å²) in [4.78, 5) is 26.6. The average Bonchev–Trinajstić information content (AvgIpc) is 3.22. The van der Waals surface area contributed by atoms with Crippen LogP contribution in [-0.4, -0.2) is 56.2 Å². The van der Waals surface area contributed by atoms with Gasteiger partial charge in [0.25, 0.3) is 5.91 Å². The molecule has 0 bridgehead atoms. The number of morpholine rings is 1. The van der Waals surface area contributed by atoms with E-state index in [-0.39, 0.29) is 18.0 Å². The molecule has 1 fully saturated rings. The van der Waals surface area contributed by atoms with Crippen LogP contribution in [-0.2, 0) is 17.8 Å². The van der Waals surface area contributed by atoms with Gasteiger partial charge in [0.2, 0.25) is 0 Å². The van der Waals surface area contributed by atoms with Gasteiger partial charge < -0.3 is 20.7 Å². The highest BCUT2D eigenvalue weighted by Gasteiger charge is 2.21. The van der Waals surface area contributed by atoms with Crippen LogP contribution in [0.15, 0.2) is 29.6 Å². The number of amides is 3. The quantitative estimate of drug-likeness (QED) is 0.618. The minimum Gasteiger partial charge on any atom is -0.374 e. The van der Waals surface area contributed by atoms with Crippen molar-refractivity contribution in [1.82, 2.24) is 20.9 Å². The summed E-state index contributed by atoms with van der Waals surface area (Å²) in [5, 5.41) is 9.83. The normalized spacial score (nSPS) is 16.8. The largest absolute Gasteiger partial charge is 0.374 e. The van der Waals surface area contributed by atoms with Crippen LogP contribution in [0.4, 0.5) is 13.6 Å². The molecule has 0 spiro atoms. The van der Waals surface area contributed by atoms with Gasteiger partial charge in [-0.1, -0.05) is 6.07 Å². The first kappa shape index (κ1) is 22.1. The monoisotopic (exact) mass is 438 g/mol.